The Morgan fingerprint density at radius 1 is 1.25 bits per heavy atom. The largest absolute Gasteiger partial charge is 0.428 e. The molecule has 0 atom stereocenters. The standard InChI is InChI=1S/C4H10.C2H5O.Y/c1-3-4-2;1-2-3;/h3-4H2,1-2H3;3H,1-2H2;/q;-1;. The average molecular weight is 192 g/mol. The van der Waals surface area contributed by atoms with Crippen LogP contribution in [0.1, 0.15) is 26.7 Å². The van der Waals surface area contributed by atoms with Crippen LogP contribution in [0.25, 0.3) is 0 Å². The van der Waals surface area contributed by atoms with Gasteiger partial charge < -0.3 is 12.0 Å². The normalized spacial score (nSPS) is 6.00. The summed E-state index contributed by atoms with van der Waals surface area (Å²) in [5, 5.41) is 7.46. The Balaban J connectivity index is -0.0000000575. The maximum atomic E-state index is 7.46. The molecule has 0 heterocycles. The molecule has 0 rings (SSSR count). The van der Waals surface area contributed by atoms with Crippen molar-refractivity contribution in [1.29, 1.82) is 0 Å². The molecule has 0 aliphatic rings. The van der Waals surface area contributed by atoms with Crippen LogP contribution < -0.4 is 0 Å². The van der Waals surface area contributed by atoms with E-state index in [9.17, 15) is 0 Å². The second-order valence-corrected chi connectivity index (χ2v) is 1.22. The van der Waals surface area contributed by atoms with E-state index in [1.54, 1.807) is 0 Å². The van der Waals surface area contributed by atoms with Crippen LogP contribution in [0, 0.1) is 6.92 Å². The number of unbranched alkanes of at least 4 members (excludes halogenated alkanes) is 1. The van der Waals surface area contributed by atoms with Crippen molar-refractivity contribution in [2.45, 2.75) is 26.7 Å². The molecule has 1 N–H and O–H groups in total. The van der Waals surface area contributed by atoms with E-state index in [-0.39, 0.29) is 39.3 Å². The van der Waals surface area contributed by atoms with Crippen molar-refractivity contribution in [1.82, 2.24) is 0 Å². The molecule has 0 bridgehead atoms. The second kappa shape index (κ2) is 24.4. The van der Waals surface area contributed by atoms with Gasteiger partial charge in [0, 0.05) is 32.7 Å². The van der Waals surface area contributed by atoms with Gasteiger partial charge in [0.1, 0.15) is 0 Å². The van der Waals surface area contributed by atoms with Gasteiger partial charge in [-0.3, -0.25) is 0 Å². The summed E-state index contributed by atoms with van der Waals surface area (Å²) in [5.74, 6) is 0. The molecule has 49 valence electrons. The molecule has 0 spiro atoms. The summed E-state index contributed by atoms with van der Waals surface area (Å²) in [5.41, 5.74) is 0. The molecule has 1 nitrogen and oxygen atoms in total. The van der Waals surface area contributed by atoms with Crippen LogP contribution in [0.2, 0.25) is 0 Å². The summed E-state index contributed by atoms with van der Waals surface area (Å²) in [4.78, 5) is 0. The molecular weight excluding hydrogens is 177 g/mol. The molecule has 0 fully saturated rings. The first-order valence-corrected chi connectivity index (χ1v) is 2.73. The molecule has 0 aliphatic carbocycles. The predicted octanol–water partition coefficient (Wildman–Crippen LogP) is 1.62. The van der Waals surface area contributed by atoms with Crippen LogP contribution in [0.15, 0.2) is 0 Å². The molecule has 1 radical (unpaired) electrons. The summed E-state index contributed by atoms with van der Waals surface area (Å²) in [7, 11) is 0. The minimum absolute atomic E-state index is 0. The Kier molecular flexibility index (Phi) is 48.8. The van der Waals surface area contributed by atoms with Gasteiger partial charge in [0.2, 0.25) is 0 Å². The summed E-state index contributed by atoms with van der Waals surface area (Å²) < 4.78 is 0. The van der Waals surface area contributed by atoms with Gasteiger partial charge in [0.25, 0.3) is 0 Å². The first kappa shape index (κ1) is 16.0. The summed E-state index contributed by atoms with van der Waals surface area (Å²) in [6.07, 6.45) is 2.64. The number of aliphatic hydroxyl groups excluding tert-OH is 1. The zero-order chi connectivity index (χ0) is 6.12. The first-order valence-electron chi connectivity index (χ1n) is 2.73. The Labute approximate surface area is 77.7 Å². The predicted molar refractivity (Wildman–Crippen MR) is 33.0 cm³/mol. The van der Waals surface area contributed by atoms with E-state index in [0.29, 0.717) is 0 Å². The molecule has 0 saturated heterocycles. The van der Waals surface area contributed by atoms with Crippen LogP contribution >= 0.6 is 0 Å². The van der Waals surface area contributed by atoms with Gasteiger partial charge in [-0.2, -0.15) is 0 Å². The van der Waals surface area contributed by atoms with Gasteiger partial charge in [-0.15, -0.1) is 0 Å². The van der Waals surface area contributed by atoms with E-state index in [1.165, 1.54) is 12.8 Å². The van der Waals surface area contributed by atoms with Crippen LogP contribution in [-0.4, -0.2) is 11.7 Å². The fourth-order valence-corrected chi connectivity index (χ4v) is 0. The van der Waals surface area contributed by atoms with Crippen molar-refractivity contribution in [2.24, 2.45) is 0 Å². The van der Waals surface area contributed by atoms with E-state index in [0.717, 1.165) is 0 Å². The quantitative estimate of drug-likeness (QED) is 0.626. The summed E-state index contributed by atoms with van der Waals surface area (Å²) in [6, 6.07) is 0. The van der Waals surface area contributed by atoms with Crippen molar-refractivity contribution in [3.63, 3.8) is 0 Å². The van der Waals surface area contributed by atoms with Gasteiger partial charge in [0.05, 0.1) is 0 Å². The van der Waals surface area contributed by atoms with Gasteiger partial charge in [-0.05, 0) is 0 Å². The topological polar surface area (TPSA) is 20.2 Å². The Morgan fingerprint density at radius 2 is 1.38 bits per heavy atom. The third-order valence-corrected chi connectivity index (χ3v) is 0.500. The third-order valence-electron chi connectivity index (χ3n) is 0.500. The number of rotatable bonds is 1. The zero-order valence-electron chi connectivity index (χ0n) is 5.85. The fraction of sp³-hybridized carbons (Fsp3) is 0.833. The van der Waals surface area contributed by atoms with Crippen LogP contribution in [0.3, 0.4) is 0 Å². The van der Waals surface area contributed by atoms with Crippen molar-refractivity contribution in [3.8, 4) is 0 Å². The monoisotopic (exact) mass is 192 g/mol. The Morgan fingerprint density at radius 3 is 1.38 bits per heavy atom. The molecule has 0 saturated carbocycles. The third kappa shape index (κ3) is 61.0. The number of hydrogen-bond donors (Lipinski definition) is 1. The molecule has 0 aromatic heterocycles. The molecular formula is C6H15OY-. The maximum absolute atomic E-state index is 7.46. The van der Waals surface area contributed by atoms with Crippen molar-refractivity contribution in [3.05, 3.63) is 6.92 Å². The molecule has 0 aromatic rings. The fourth-order valence-electron chi connectivity index (χ4n) is 0. The molecule has 0 aromatic carbocycles. The minimum Gasteiger partial charge on any atom is -0.428 e. The van der Waals surface area contributed by atoms with Crippen LogP contribution in [0.4, 0.5) is 0 Å². The molecule has 8 heavy (non-hydrogen) atoms. The van der Waals surface area contributed by atoms with E-state index >= 15 is 0 Å². The molecule has 0 amide bonds. The summed E-state index contributed by atoms with van der Waals surface area (Å²) in [6.45, 7) is 7.40. The second-order valence-electron chi connectivity index (χ2n) is 1.22. The first-order chi connectivity index (χ1) is 3.33. The average Bonchev–Trinajstić information content (AvgIpc) is 1.69. The van der Waals surface area contributed by atoms with Crippen LogP contribution in [-0.2, 0) is 32.7 Å². The zero-order valence-corrected chi connectivity index (χ0v) is 8.69. The Hall–Kier alpha value is 1.06. The molecule has 2 heteroatoms. The van der Waals surface area contributed by atoms with E-state index in [4.69, 9.17) is 5.11 Å². The Bertz CT molecular complexity index is 16.0. The van der Waals surface area contributed by atoms with Gasteiger partial charge in [-0.25, -0.2) is 0 Å². The van der Waals surface area contributed by atoms with Crippen molar-refractivity contribution < 1.29 is 37.8 Å². The molecule has 0 unspecified atom stereocenters. The van der Waals surface area contributed by atoms with Crippen LogP contribution in [0.5, 0.6) is 0 Å². The maximum Gasteiger partial charge on any atom is 0 e. The number of hydrogen-bond acceptors (Lipinski definition) is 1. The van der Waals surface area contributed by atoms with Gasteiger partial charge in [0.15, 0.2) is 0 Å². The summed E-state index contributed by atoms with van der Waals surface area (Å²) >= 11 is 0. The van der Waals surface area contributed by atoms with Crippen molar-refractivity contribution >= 4 is 0 Å². The smallest absolute Gasteiger partial charge is 0 e. The minimum atomic E-state index is 0. The van der Waals surface area contributed by atoms with Gasteiger partial charge >= 0.3 is 0 Å². The SMILES string of the molecule is CCCC.[CH2-]CO.[Y]. The van der Waals surface area contributed by atoms with Gasteiger partial charge in [-0.1, -0.05) is 33.3 Å². The van der Waals surface area contributed by atoms with E-state index in [2.05, 4.69) is 20.8 Å². The molecule has 0 aliphatic heterocycles. The number of aliphatic hydroxyl groups is 1. The van der Waals surface area contributed by atoms with E-state index in [1.807, 2.05) is 0 Å². The van der Waals surface area contributed by atoms with E-state index < -0.39 is 0 Å². The van der Waals surface area contributed by atoms with Crippen molar-refractivity contribution in [2.75, 3.05) is 6.61 Å².